The third-order valence-electron chi connectivity index (χ3n) is 4.60. The smallest absolute Gasteiger partial charge is 0.223 e. The predicted octanol–water partition coefficient (Wildman–Crippen LogP) is 4.38. The van der Waals surface area contributed by atoms with Crippen LogP contribution in [0, 0.1) is 6.57 Å². The molecule has 0 N–H and O–H groups in total. The lowest BCUT2D eigenvalue weighted by atomic mass is 9.86. The molecule has 3 nitrogen and oxygen atoms in total. The number of halogens is 1. The van der Waals surface area contributed by atoms with Crippen molar-refractivity contribution in [3.63, 3.8) is 0 Å². The Morgan fingerprint density at radius 3 is 2.85 bits per heavy atom. The number of hydrogen-bond acceptors (Lipinski definition) is 2. The SMILES string of the molecule is [C-]#[N+][C@H](C)CC1CC[C@@H]2O[C@@H](CCCC)C[C@]2(CI)O1. The highest BCUT2D eigenvalue weighted by atomic mass is 127. The van der Waals surface area contributed by atoms with Gasteiger partial charge >= 0.3 is 0 Å². The molecule has 4 heteroatoms. The fraction of sp³-hybridized carbons (Fsp3) is 0.938. The topological polar surface area (TPSA) is 22.8 Å². The van der Waals surface area contributed by atoms with E-state index >= 15 is 0 Å². The molecule has 2 aliphatic heterocycles. The summed E-state index contributed by atoms with van der Waals surface area (Å²) in [6.45, 7) is 11.3. The molecule has 2 aliphatic rings. The lowest BCUT2D eigenvalue weighted by Gasteiger charge is -2.41. The standard InChI is InChI=1S/C16H26INO2/c1-4-5-6-14-10-16(11-17)15(19-14)8-7-13(20-16)9-12(2)18-3/h12-15H,4-11H2,1-2H3/t12-,13?,14+,15+,16-/m1/s1. The molecule has 2 rings (SSSR count). The summed E-state index contributed by atoms with van der Waals surface area (Å²) < 4.78 is 13.7. The van der Waals surface area contributed by atoms with Gasteiger partial charge in [0.2, 0.25) is 6.04 Å². The van der Waals surface area contributed by atoms with Crippen molar-refractivity contribution in [1.82, 2.24) is 0 Å². The molecule has 114 valence electrons. The van der Waals surface area contributed by atoms with Gasteiger partial charge in [-0.3, -0.25) is 0 Å². The summed E-state index contributed by atoms with van der Waals surface area (Å²) in [4.78, 5) is 3.61. The van der Waals surface area contributed by atoms with E-state index in [2.05, 4.69) is 34.4 Å². The number of alkyl halides is 1. The van der Waals surface area contributed by atoms with Gasteiger partial charge in [-0.05, 0) is 19.3 Å². The first-order chi connectivity index (χ1) is 9.63. The van der Waals surface area contributed by atoms with E-state index in [1.807, 2.05) is 6.92 Å². The quantitative estimate of drug-likeness (QED) is 0.381. The summed E-state index contributed by atoms with van der Waals surface area (Å²) in [6, 6.07) is 0.0704. The Morgan fingerprint density at radius 2 is 2.20 bits per heavy atom. The molecule has 0 aromatic rings. The Kier molecular flexibility index (Phi) is 6.12. The van der Waals surface area contributed by atoms with Gasteiger partial charge in [0.1, 0.15) is 5.60 Å². The zero-order valence-electron chi connectivity index (χ0n) is 12.6. The Labute approximate surface area is 136 Å². The highest BCUT2D eigenvalue weighted by Gasteiger charge is 2.52. The molecule has 0 aromatic carbocycles. The van der Waals surface area contributed by atoms with Crippen molar-refractivity contribution in [3.8, 4) is 0 Å². The van der Waals surface area contributed by atoms with Gasteiger partial charge in [-0.1, -0.05) is 42.4 Å². The predicted molar refractivity (Wildman–Crippen MR) is 89.2 cm³/mol. The van der Waals surface area contributed by atoms with E-state index in [-0.39, 0.29) is 23.9 Å². The first kappa shape index (κ1) is 16.5. The third kappa shape index (κ3) is 3.66. The van der Waals surface area contributed by atoms with Crippen molar-refractivity contribution in [2.75, 3.05) is 4.43 Å². The van der Waals surface area contributed by atoms with Crippen LogP contribution in [0.5, 0.6) is 0 Å². The van der Waals surface area contributed by atoms with Crippen LogP contribution in [0.2, 0.25) is 0 Å². The molecule has 0 amide bonds. The summed E-state index contributed by atoms with van der Waals surface area (Å²) in [6.07, 6.45) is 8.60. The molecule has 0 aromatic heterocycles. The maximum atomic E-state index is 7.12. The monoisotopic (exact) mass is 391 g/mol. The zero-order chi connectivity index (χ0) is 14.6. The van der Waals surface area contributed by atoms with Crippen LogP contribution >= 0.6 is 22.6 Å². The minimum absolute atomic E-state index is 0.0704. The van der Waals surface area contributed by atoms with Crippen LogP contribution in [0.15, 0.2) is 0 Å². The number of nitrogens with zero attached hydrogens (tertiary/aromatic N) is 1. The first-order valence-electron chi connectivity index (χ1n) is 7.89. The molecular formula is C16H26INO2. The minimum Gasteiger partial charge on any atom is -0.372 e. The molecule has 1 unspecified atom stereocenters. The largest absolute Gasteiger partial charge is 0.372 e. The fourth-order valence-electron chi connectivity index (χ4n) is 3.48. The molecule has 2 saturated heterocycles. The molecule has 0 radical (unpaired) electrons. The Hall–Kier alpha value is 0.140. The average molecular weight is 391 g/mol. The first-order valence-corrected chi connectivity index (χ1v) is 9.42. The van der Waals surface area contributed by atoms with Gasteiger partial charge < -0.3 is 14.3 Å². The van der Waals surface area contributed by atoms with Crippen molar-refractivity contribution >= 4 is 22.6 Å². The van der Waals surface area contributed by atoms with E-state index in [4.69, 9.17) is 16.0 Å². The molecule has 5 atom stereocenters. The van der Waals surface area contributed by atoms with E-state index < -0.39 is 0 Å². The van der Waals surface area contributed by atoms with E-state index in [9.17, 15) is 0 Å². The third-order valence-corrected chi connectivity index (χ3v) is 5.89. The molecular weight excluding hydrogens is 365 g/mol. The van der Waals surface area contributed by atoms with Gasteiger partial charge in [0.05, 0.1) is 18.3 Å². The summed E-state index contributed by atoms with van der Waals surface area (Å²) in [7, 11) is 0. The van der Waals surface area contributed by atoms with E-state index in [0.29, 0.717) is 6.10 Å². The van der Waals surface area contributed by atoms with Gasteiger partial charge in [0.15, 0.2) is 0 Å². The lowest BCUT2D eigenvalue weighted by molar-refractivity contribution is -0.153. The molecule has 2 fully saturated rings. The second-order valence-electron chi connectivity index (χ2n) is 6.32. The van der Waals surface area contributed by atoms with Crippen molar-refractivity contribution in [3.05, 3.63) is 11.4 Å². The second kappa shape index (κ2) is 7.42. The Balaban J connectivity index is 1.96. The average Bonchev–Trinajstić information content (AvgIpc) is 2.83. The van der Waals surface area contributed by atoms with Gasteiger partial charge in [-0.15, -0.1) is 0 Å². The number of fused-ring (bicyclic) bond motifs is 1. The van der Waals surface area contributed by atoms with Crippen molar-refractivity contribution in [2.45, 2.75) is 88.7 Å². The Morgan fingerprint density at radius 1 is 1.40 bits per heavy atom. The fourth-order valence-corrected chi connectivity index (χ4v) is 4.46. The number of hydrogen-bond donors (Lipinski definition) is 0. The van der Waals surface area contributed by atoms with Gasteiger partial charge in [-0.25, -0.2) is 6.57 Å². The second-order valence-corrected chi connectivity index (χ2v) is 7.09. The summed E-state index contributed by atoms with van der Waals surface area (Å²) in [5, 5.41) is 0. The zero-order valence-corrected chi connectivity index (χ0v) is 14.8. The van der Waals surface area contributed by atoms with E-state index in [1.54, 1.807) is 0 Å². The molecule has 20 heavy (non-hydrogen) atoms. The number of rotatable bonds is 6. The molecule has 0 bridgehead atoms. The molecule has 0 spiro atoms. The van der Waals surface area contributed by atoms with E-state index in [1.165, 1.54) is 12.8 Å². The van der Waals surface area contributed by atoms with Gasteiger partial charge in [-0.2, -0.15) is 0 Å². The molecule has 0 aliphatic carbocycles. The molecule has 0 saturated carbocycles. The minimum atomic E-state index is -0.0797. The summed E-state index contributed by atoms with van der Waals surface area (Å²) >= 11 is 2.45. The van der Waals surface area contributed by atoms with Crippen molar-refractivity contribution in [2.24, 2.45) is 0 Å². The number of unbranched alkanes of at least 4 members (excludes halogenated alkanes) is 1. The van der Waals surface area contributed by atoms with Crippen LogP contribution in [-0.4, -0.2) is 34.4 Å². The maximum Gasteiger partial charge on any atom is 0.223 e. The summed E-state index contributed by atoms with van der Waals surface area (Å²) in [5.74, 6) is 0. The summed E-state index contributed by atoms with van der Waals surface area (Å²) in [5.41, 5.74) is -0.0797. The highest BCUT2D eigenvalue weighted by Crippen LogP contribution is 2.44. The van der Waals surface area contributed by atoms with E-state index in [0.717, 1.165) is 36.5 Å². The number of ether oxygens (including phenoxy) is 2. The highest BCUT2D eigenvalue weighted by molar-refractivity contribution is 14.1. The van der Waals surface area contributed by atoms with Gasteiger partial charge in [0.25, 0.3) is 0 Å². The van der Waals surface area contributed by atoms with Crippen LogP contribution < -0.4 is 0 Å². The van der Waals surface area contributed by atoms with Crippen molar-refractivity contribution < 1.29 is 9.47 Å². The Bertz CT molecular complexity index is 357. The van der Waals surface area contributed by atoms with Crippen LogP contribution in [0.1, 0.15) is 58.8 Å². The normalized spacial score (nSPS) is 38.2. The lowest BCUT2D eigenvalue weighted by Crippen LogP contribution is -2.50. The van der Waals surface area contributed by atoms with Crippen LogP contribution in [0.4, 0.5) is 0 Å². The maximum absolute atomic E-state index is 7.12. The van der Waals surface area contributed by atoms with Gasteiger partial charge in [0, 0.05) is 24.2 Å². The van der Waals surface area contributed by atoms with Crippen LogP contribution in [-0.2, 0) is 9.47 Å². The van der Waals surface area contributed by atoms with Crippen LogP contribution in [0.25, 0.3) is 4.85 Å². The molecule has 2 heterocycles. The van der Waals surface area contributed by atoms with Crippen LogP contribution in [0.3, 0.4) is 0 Å². The van der Waals surface area contributed by atoms with Crippen molar-refractivity contribution in [1.29, 1.82) is 0 Å².